The van der Waals surface area contributed by atoms with Crippen molar-refractivity contribution in [1.29, 1.82) is 0 Å². The molecule has 0 aliphatic heterocycles. The first-order valence-corrected chi connectivity index (χ1v) is 5.79. The van der Waals surface area contributed by atoms with Gasteiger partial charge >= 0.3 is 0 Å². The van der Waals surface area contributed by atoms with Crippen LogP contribution in [0.2, 0.25) is 0 Å². The van der Waals surface area contributed by atoms with E-state index in [9.17, 15) is 20.2 Å². The first kappa shape index (κ1) is 8.47. The first-order valence-electron chi connectivity index (χ1n) is 5.04. The molecular formula is C8H4Cl2N2O4. The van der Waals surface area contributed by atoms with Crippen LogP contribution in [0.25, 0.3) is 0 Å². The fourth-order valence-corrected chi connectivity index (χ4v) is 7.92. The molecule has 0 aromatic carbocycles. The van der Waals surface area contributed by atoms with Gasteiger partial charge in [0.15, 0.2) is 9.75 Å². The van der Waals surface area contributed by atoms with Crippen molar-refractivity contribution in [3.05, 3.63) is 20.2 Å². The molecule has 8 heteroatoms. The summed E-state index contributed by atoms with van der Waals surface area (Å²) in [6, 6.07) is 0. The third kappa shape index (κ3) is 0.275. The van der Waals surface area contributed by atoms with E-state index >= 15 is 0 Å². The molecular weight excluding hydrogens is 259 g/mol. The zero-order valence-electron chi connectivity index (χ0n) is 7.59. The van der Waals surface area contributed by atoms with E-state index in [4.69, 9.17) is 23.2 Å². The van der Waals surface area contributed by atoms with Crippen molar-refractivity contribution in [2.45, 2.75) is 20.8 Å². The lowest BCUT2D eigenvalue weighted by Crippen LogP contribution is -3.29. The number of halogens is 2. The minimum Gasteiger partial charge on any atom is -0.264 e. The smallest absolute Gasteiger partial charge is 0.252 e. The van der Waals surface area contributed by atoms with Crippen LogP contribution < -0.4 is 0 Å². The van der Waals surface area contributed by atoms with Crippen molar-refractivity contribution < 1.29 is 9.85 Å². The number of hydrogen-bond donors (Lipinski definition) is 0. The molecule has 0 heterocycles. The number of alkyl halides is 2. The van der Waals surface area contributed by atoms with Gasteiger partial charge in [-0.25, -0.2) is 0 Å². The SMILES string of the molecule is O=[N+]([O-])C12C3C4C1C1(Cl)C4([N+](=O)[O-])C3C21Cl. The summed E-state index contributed by atoms with van der Waals surface area (Å²) in [7, 11) is 0. The lowest BCUT2D eigenvalue weighted by Gasteiger charge is -3.05. The highest BCUT2D eigenvalue weighted by Gasteiger charge is 3.32. The van der Waals surface area contributed by atoms with E-state index in [0.29, 0.717) is 0 Å². The summed E-state index contributed by atoms with van der Waals surface area (Å²) in [6.45, 7) is 0. The maximum absolute atomic E-state index is 11.1. The van der Waals surface area contributed by atoms with Crippen molar-refractivity contribution in [3.8, 4) is 0 Å². The van der Waals surface area contributed by atoms with Crippen molar-refractivity contribution >= 4 is 23.2 Å². The van der Waals surface area contributed by atoms with E-state index in [1.165, 1.54) is 0 Å². The first-order chi connectivity index (χ1) is 7.37. The molecule has 6 fully saturated rings. The maximum Gasteiger partial charge on any atom is 0.252 e. The molecule has 6 nitrogen and oxygen atoms in total. The number of nitrogens with zero attached hydrogens (tertiary/aromatic N) is 2. The normalized spacial score (nSPS) is 78.1. The van der Waals surface area contributed by atoms with Crippen LogP contribution in [0.4, 0.5) is 0 Å². The van der Waals surface area contributed by atoms with Crippen LogP contribution in [0.5, 0.6) is 0 Å². The zero-order valence-corrected chi connectivity index (χ0v) is 9.10. The topological polar surface area (TPSA) is 86.3 Å². The highest BCUT2D eigenvalue weighted by molar-refractivity contribution is 6.43. The van der Waals surface area contributed by atoms with Crippen LogP contribution >= 0.6 is 23.2 Å². The molecule has 0 saturated heterocycles. The molecule has 0 spiro atoms. The Morgan fingerprint density at radius 3 is 1.38 bits per heavy atom. The quantitative estimate of drug-likeness (QED) is 0.412. The summed E-state index contributed by atoms with van der Waals surface area (Å²) in [4.78, 5) is 19.2. The second kappa shape index (κ2) is 1.50. The van der Waals surface area contributed by atoms with E-state index < -0.39 is 20.8 Å². The Morgan fingerprint density at radius 2 is 1.19 bits per heavy atom. The average Bonchev–Trinajstić information content (AvgIpc) is 2.16. The molecule has 6 rings (SSSR count). The monoisotopic (exact) mass is 262 g/mol. The van der Waals surface area contributed by atoms with Gasteiger partial charge in [-0.15, -0.1) is 23.2 Å². The second-order valence-corrected chi connectivity index (χ2v) is 6.79. The molecule has 8 atom stereocenters. The molecule has 0 amide bonds. The Kier molecular flexibility index (Phi) is 0.796. The van der Waals surface area contributed by atoms with E-state index in [1.54, 1.807) is 0 Å². The Labute approximate surface area is 98.2 Å². The van der Waals surface area contributed by atoms with E-state index in [2.05, 4.69) is 0 Å². The van der Waals surface area contributed by atoms with Crippen LogP contribution in [0, 0.1) is 43.9 Å². The second-order valence-electron chi connectivity index (χ2n) is 5.60. The molecule has 6 aliphatic rings. The van der Waals surface area contributed by atoms with Gasteiger partial charge in [-0.05, 0) is 0 Å². The summed E-state index contributed by atoms with van der Waals surface area (Å²) < 4.78 is 0. The standard InChI is InChI=1S/C8H4Cl2N2O4/c9-7-3-1-2-4(5(1,7)11(13)14)8(7,10)6(2,3)12(15)16/h1-4H. The van der Waals surface area contributed by atoms with Gasteiger partial charge in [0.2, 0.25) is 0 Å². The van der Waals surface area contributed by atoms with Gasteiger partial charge in [0.25, 0.3) is 11.1 Å². The zero-order chi connectivity index (χ0) is 11.5. The van der Waals surface area contributed by atoms with Crippen molar-refractivity contribution in [2.75, 3.05) is 0 Å². The molecule has 0 radical (unpaired) electrons. The summed E-state index contributed by atoms with van der Waals surface area (Å²) in [5, 5.41) is 22.2. The fourth-order valence-electron chi connectivity index (χ4n) is 6.16. The fraction of sp³-hybridized carbons (Fsp3) is 1.00. The number of rotatable bonds is 2. The Hall–Kier alpha value is -0.620. The van der Waals surface area contributed by atoms with Crippen molar-refractivity contribution in [1.82, 2.24) is 0 Å². The average molecular weight is 263 g/mol. The summed E-state index contributed by atoms with van der Waals surface area (Å²) in [5.74, 6) is -1.10. The van der Waals surface area contributed by atoms with E-state index in [1.807, 2.05) is 0 Å². The van der Waals surface area contributed by atoms with Crippen LogP contribution in [0.3, 0.4) is 0 Å². The summed E-state index contributed by atoms with van der Waals surface area (Å²) in [6.07, 6.45) is 0. The Bertz CT molecular complexity index is 508. The van der Waals surface area contributed by atoms with Gasteiger partial charge in [0, 0.05) is 9.85 Å². The minimum atomic E-state index is -1.14. The van der Waals surface area contributed by atoms with Gasteiger partial charge in [-0.2, -0.15) is 0 Å². The highest BCUT2D eigenvalue weighted by Crippen LogP contribution is 3.10. The van der Waals surface area contributed by atoms with Crippen LogP contribution in [-0.2, 0) is 0 Å². The molecule has 0 bridgehead atoms. The Balaban J connectivity index is 1.75. The third-order valence-corrected chi connectivity index (χ3v) is 7.99. The molecule has 0 aromatic heterocycles. The van der Waals surface area contributed by atoms with Crippen molar-refractivity contribution in [3.63, 3.8) is 0 Å². The van der Waals surface area contributed by atoms with Gasteiger partial charge in [0.05, 0.1) is 23.7 Å². The van der Waals surface area contributed by atoms with Gasteiger partial charge in [-0.3, -0.25) is 20.2 Å². The van der Waals surface area contributed by atoms with Crippen LogP contribution in [0.1, 0.15) is 0 Å². The summed E-state index contributed by atoms with van der Waals surface area (Å²) in [5.41, 5.74) is -2.24. The highest BCUT2D eigenvalue weighted by atomic mass is 35.5. The largest absolute Gasteiger partial charge is 0.264 e. The van der Waals surface area contributed by atoms with Crippen LogP contribution in [0.15, 0.2) is 0 Å². The predicted octanol–water partition coefficient (Wildman–Crippen LogP) is 0.505. The molecule has 8 unspecified atom stereocenters. The maximum atomic E-state index is 11.1. The van der Waals surface area contributed by atoms with Crippen molar-refractivity contribution in [2.24, 2.45) is 23.7 Å². The molecule has 6 saturated carbocycles. The minimum absolute atomic E-state index is 0.184. The van der Waals surface area contributed by atoms with Gasteiger partial charge in [0.1, 0.15) is 0 Å². The molecule has 0 N–H and O–H groups in total. The number of hydrogen-bond acceptors (Lipinski definition) is 4. The molecule has 84 valence electrons. The van der Waals surface area contributed by atoms with Gasteiger partial charge < -0.3 is 0 Å². The molecule has 6 aliphatic carbocycles. The Morgan fingerprint density at radius 1 is 0.875 bits per heavy atom. The summed E-state index contributed by atoms with van der Waals surface area (Å²) >= 11 is 12.5. The third-order valence-electron chi connectivity index (χ3n) is 6.23. The lowest BCUT2D eigenvalue weighted by molar-refractivity contribution is -0.848. The molecule has 0 aromatic rings. The lowest BCUT2D eigenvalue weighted by atomic mass is 8.95. The number of nitro groups is 2. The van der Waals surface area contributed by atoms with E-state index in [-0.39, 0.29) is 33.5 Å². The predicted molar refractivity (Wildman–Crippen MR) is 50.6 cm³/mol. The molecule has 16 heavy (non-hydrogen) atoms. The van der Waals surface area contributed by atoms with Gasteiger partial charge in [-0.1, -0.05) is 0 Å². The van der Waals surface area contributed by atoms with E-state index in [0.717, 1.165) is 0 Å². The van der Waals surface area contributed by atoms with Crippen LogP contribution in [-0.4, -0.2) is 30.7 Å².